The van der Waals surface area contributed by atoms with Crippen LogP contribution in [0.3, 0.4) is 0 Å². The van der Waals surface area contributed by atoms with E-state index in [2.05, 4.69) is 9.50 Å². The molecule has 0 saturated heterocycles. The molecule has 13 heteroatoms. The number of anilines is 1. The number of aromatic hydroxyl groups is 1. The number of carbonyl (C=O) groups excluding carboxylic acids is 2. The van der Waals surface area contributed by atoms with Crippen molar-refractivity contribution in [1.29, 1.82) is 0 Å². The van der Waals surface area contributed by atoms with Crippen molar-refractivity contribution in [3.63, 3.8) is 0 Å². The van der Waals surface area contributed by atoms with E-state index in [9.17, 15) is 23.1 Å². The number of carbonyl (C=O) groups is 2. The van der Waals surface area contributed by atoms with E-state index < -0.39 is 21.9 Å². The fraction of sp³-hybridized carbons (Fsp3) is 0.0909. The van der Waals surface area contributed by atoms with Crippen LogP contribution in [0.25, 0.3) is 0 Å². The van der Waals surface area contributed by atoms with Crippen LogP contribution in [-0.2, 0) is 30.3 Å². The number of benzene rings is 3. The van der Waals surface area contributed by atoms with Crippen LogP contribution in [0.1, 0.15) is 11.1 Å². The SMILES string of the molecule is COS(=O)(=O)c1ccc(Cc2cc(Oc3c(Cl)cc(NC(=O)C(=O)NO)cc3Cl)ccc2O)cc1. The highest BCUT2D eigenvalue weighted by Crippen LogP contribution is 2.39. The lowest BCUT2D eigenvalue weighted by atomic mass is 10.0. The van der Waals surface area contributed by atoms with Crippen molar-refractivity contribution in [2.24, 2.45) is 0 Å². The van der Waals surface area contributed by atoms with E-state index >= 15 is 0 Å². The molecule has 35 heavy (non-hydrogen) atoms. The number of hydrogen-bond acceptors (Lipinski definition) is 8. The lowest BCUT2D eigenvalue weighted by Gasteiger charge is -2.14. The summed E-state index contributed by atoms with van der Waals surface area (Å²) < 4.78 is 33.8. The van der Waals surface area contributed by atoms with Crippen LogP contribution in [-0.4, -0.2) is 37.7 Å². The summed E-state index contributed by atoms with van der Waals surface area (Å²) in [6.45, 7) is 0. The van der Waals surface area contributed by atoms with Crippen LogP contribution in [0.4, 0.5) is 5.69 Å². The summed E-state index contributed by atoms with van der Waals surface area (Å²) in [4.78, 5) is 22.7. The molecule has 0 aromatic heterocycles. The molecule has 0 heterocycles. The van der Waals surface area contributed by atoms with Gasteiger partial charge in [0.15, 0.2) is 5.75 Å². The minimum absolute atomic E-state index is 0.00552. The van der Waals surface area contributed by atoms with Crippen molar-refractivity contribution in [2.75, 3.05) is 12.4 Å². The Morgan fingerprint density at radius 3 is 2.17 bits per heavy atom. The molecule has 184 valence electrons. The minimum atomic E-state index is -3.81. The highest BCUT2D eigenvalue weighted by atomic mass is 35.5. The predicted molar refractivity (Wildman–Crippen MR) is 127 cm³/mol. The summed E-state index contributed by atoms with van der Waals surface area (Å²) in [5.74, 6) is -2.07. The zero-order chi connectivity index (χ0) is 25.8. The minimum Gasteiger partial charge on any atom is -0.508 e. The third-order valence-corrected chi connectivity index (χ3v) is 6.51. The smallest absolute Gasteiger partial charge is 0.332 e. The first kappa shape index (κ1) is 26.3. The number of phenols is 1. The first-order chi connectivity index (χ1) is 16.5. The number of hydroxylamine groups is 1. The van der Waals surface area contributed by atoms with Crippen molar-refractivity contribution in [1.82, 2.24) is 5.48 Å². The summed E-state index contributed by atoms with van der Waals surface area (Å²) >= 11 is 12.5. The third-order valence-electron chi connectivity index (χ3n) is 4.66. The molecular formula is C22H18Cl2N2O8S. The van der Waals surface area contributed by atoms with Gasteiger partial charge in [-0.05, 0) is 48.0 Å². The van der Waals surface area contributed by atoms with Gasteiger partial charge in [-0.15, -0.1) is 0 Å². The zero-order valence-corrected chi connectivity index (χ0v) is 20.2. The Morgan fingerprint density at radius 1 is 0.971 bits per heavy atom. The van der Waals surface area contributed by atoms with Gasteiger partial charge in [0.2, 0.25) is 0 Å². The van der Waals surface area contributed by atoms with Crippen molar-refractivity contribution >= 4 is 50.8 Å². The fourth-order valence-corrected chi connectivity index (χ4v) is 4.17. The zero-order valence-electron chi connectivity index (χ0n) is 17.9. The molecule has 0 bridgehead atoms. The Kier molecular flexibility index (Phi) is 8.20. The molecule has 3 aromatic rings. The van der Waals surface area contributed by atoms with Crippen LogP contribution in [0.15, 0.2) is 59.5 Å². The molecule has 0 fully saturated rings. The molecule has 3 aromatic carbocycles. The lowest BCUT2D eigenvalue weighted by Crippen LogP contribution is -2.33. The molecule has 0 saturated carbocycles. The standard InChI is InChI=1S/C22H18Cl2N2O8S/c1-33-35(31,32)16-5-2-12(3-6-16)8-13-9-15(4-7-19(13)27)34-20-17(23)10-14(11-18(20)24)25-21(28)22(29)26-30/h2-7,9-11,27,30H,8H2,1H3,(H,25,28)(H,26,29). The maximum Gasteiger partial charge on any atom is 0.332 e. The number of hydrogen-bond donors (Lipinski definition) is 4. The van der Waals surface area contributed by atoms with Crippen molar-refractivity contribution in [2.45, 2.75) is 11.3 Å². The molecule has 4 N–H and O–H groups in total. The summed E-state index contributed by atoms with van der Waals surface area (Å²) in [5.41, 5.74) is 2.49. The van der Waals surface area contributed by atoms with E-state index in [1.165, 1.54) is 41.9 Å². The number of amides is 2. The normalized spacial score (nSPS) is 11.1. The van der Waals surface area contributed by atoms with E-state index in [1.807, 2.05) is 0 Å². The molecule has 0 aliphatic heterocycles. The Bertz CT molecular complexity index is 1360. The summed E-state index contributed by atoms with van der Waals surface area (Å²) in [6, 6.07) is 13.0. The number of phenolic OH excluding ortho intramolecular Hbond substituents is 1. The number of rotatable bonds is 7. The number of ether oxygens (including phenoxy) is 1. The van der Waals surface area contributed by atoms with E-state index in [0.717, 1.165) is 12.7 Å². The number of nitrogens with one attached hydrogen (secondary N) is 2. The summed E-state index contributed by atoms with van der Waals surface area (Å²) in [7, 11) is -2.74. The molecule has 0 atom stereocenters. The molecule has 0 aliphatic rings. The Morgan fingerprint density at radius 2 is 1.60 bits per heavy atom. The second-order valence-electron chi connectivity index (χ2n) is 7.00. The summed E-state index contributed by atoms with van der Waals surface area (Å²) in [6.07, 6.45) is 0.260. The van der Waals surface area contributed by atoms with Gasteiger partial charge in [-0.25, -0.2) is 5.48 Å². The molecule has 0 spiro atoms. The lowest BCUT2D eigenvalue weighted by molar-refractivity contribution is -0.141. The molecular weight excluding hydrogens is 523 g/mol. The molecule has 2 amide bonds. The van der Waals surface area contributed by atoms with Crippen LogP contribution in [0.5, 0.6) is 17.2 Å². The molecule has 3 rings (SSSR count). The van der Waals surface area contributed by atoms with Crippen molar-refractivity contribution in [3.05, 3.63) is 75.8 Å². The molecule has 0 unspecified atom stereocenters. The molecule has 0 radical (unpaired) electrons. The maximum absolute atomic E-state index is 11.8. The van der Waals surface area contributed by atoms with Crippen LogP contribution in [0.2, 0.25) is 10.0 Å². The highest BCUT2D eigenvalue weighted by Gasteiger charge is 2.17. The average Bonchev–Trinajstić information content (AvgIpc) is 2.83. The average molecular weight is 541 g/mol. The Balaban J connectivity index is 1.80. The van der Waals surface area contributed by atoms with Crippen LogP contribution < -0.4 is 15.5 Å². The monoisotopic (exact) mass is 540 g/mol. The maximum atomic E-state index is 11.8. The van der Waals surface area contributed by atoms with Crippen molar-refractivity contribution in [3.8, 4) is 17.2 Å². The summed E-state index contributed by atoms with van der Waals surface area (Å²) in [5, 5.41) is 21.0. The van der Waals surface area contributed by atoms with Gasteiger partial charge < -0.3 is 15.2 Å². The van der Waals surface area contributed by atoms with Crippen LogP contribution in [0, 0.1) is 0 Å². The highest BCUT2D eigenvalue weighted by molar-refractivity contribution is 7.86. The second kappa shape index (κ2) is 10.9. The Labute approximate surface area is 210 Å². The first-order valence-electron chi connectivity index (χ1n) is 9.68. The van der Waals surface area contributed by atoms with E-state index in [0.29, 0.717) is 5.56 Å². The molecule has 10 nitrogen and oxygen atoms in total. The van der Waals surface area contributed by atoms with Gasteiger partial charge >= 0.3 is 11.8 Å². The van der Waals surface area contributed by atoms with Crippen molar-refractivity contribution < 1.29 is 37.2 Å². The van der Waals surface area contributed by atoms with Gasteiger partial charge in [-0.1, -0.05) is 35.3 Å². The van der Waals surface area contributed by atoms with Crippen LogP contribution >= 0.6 is 23.2 Å². The quantitative estimate of drug-likeness (QED) is 0.152. The van der Waals surface area contributed by atoms with E-state index in [4.69, 9.17) is 33.1 Å². The van der Waals surface area contributed by atoms with E-state index in [-0.39, 0.29) is 44.3 Å². The van der Waals surface area contributed by atoms with Gasteiger partial charge in [-0.3, -0.25) is 19.0 Å². The topological polar surface area (TPSA) is 151 Å². The van der Waals surface area contributed by atoms with Gasteiger partial charge in [0, 0.05) is 17.7 Å². The van der Waals surface area contributed by atoms with Gasteiger partial charge in [-0.2, -0.15) is 8.42 Å². The third kappa shape index (κ3) is 6.41. The van der Waals surface area contributed by atoms with Gasteiger partial charge in [0.25, 0.3) is 10.1 Å². The first-order valence-corrected chi connectivity index (χ1v) is 11.8. The fourth-order valence-electron chi connectivity index (χ4n) is 2.94. The molecule has 0 aliphatic carbocycles. The predicted octanol–water partition coefficient (Wildman–Crippen LogP) is 3.86. The van der Waals surface area contributed by atoms with E-state index in [1.54, 1.807) is 18.2 Å². The second-order valence-corrected chi connectivity index (χ2v) is 9.53. The largest absolute Gasteiger partial charge is 0.508 e. The number of halogens is 2. The van der Waals surface area contributed by atoms with Gasteiger partial charge in [0.1, 0.15) is 11.5 Å². The van der Waals surface area contributed by atoms with Gasteiger partial charge in [0.05, 0.1) is 22.1 Å². The Hall–Kier alpha value is -3.35.